The number of nitrogens with one attached hydrogen (secondary N) is 1. The number of hydrogen-bond acceptors (Lipinski definition) is 4. The van der Waals surface area contributed by atoms with Gasteiger partial charge in [0.25, 0.3) is 5.56 Å². The van der Waals surface area contributed by atoms with Crippen molar-refractivity contribution in [1.29, 1.82) is 0 Å². The molecule has 1 aliphatic carbocycles. The highest BCUT2D eigenvalue weighted by atomic mass is 32.2. The molecule has 2 aromatic heterocycles. The number of aromatic amines is 1. The lowest BCUT2D eigenvalue weighted by molar-refractivity contribution is -0.127. The van der Waals surface area contributed by atoms with E-state index in [1.54, 1.807) is 11.6 Å². The number of anilines is 1. The van der Waals surface area contributed by atoms with E-state index in [1.165, 1.54) is 0 Å². The van der Waals surface area contributed by atoms with Crippen LogP contribution in [0.2, 0.25) is 0 Å². The van der Waals surface area contributed by atoms with Crippen molar-refractivity contribution in [3.05, 3.63) is 47.0 Å². The monoisotopic (exact) mass is 409 g/mol. The van der Waals surface area contributed by atoms with Crippen LogP contribution in [-0.2, 0) is 23.0 Å². The Morgan fingerprint density at radius 2 is 2.00 bits per heavy atom. The second kappa shape index (κ2) is 6.14. The quantitative estimate of drug-likeness (QED) is 0.673. The normalized spacial score (nSPS) is 21.2. The topological polar surface area (TPSA) is 73.3 Å². The number of rotatable bonds is 4. The Morgan fingerprint density at radius 3 is 2.69 bits per heavy atom. The Labute approximate surface area is 171 Å². The zero-order valence-corrected chi connectivity index (χ0v) is 17.1. The Bertz CT molecular complexity index is 1170. The third-order valence-corrected chi connectivity index (χ3v) is 8.22. The van der Waals surface area contributed by atoms with Crippen LogP contribution < -0.4 is 10.5 Å². The molecule has 0 bridgehead atoms. The van der Waals surface area contributed by atoms with Gasteiger partial charge < -0.3 is 23.7 Å². The van der Waals surface area contributed by atoms with Gasteiger partial charge in [0.2, 0.25) is 0 Å². The molecule has 6 rings (SSSR count). The Balaban J connectivity index is 1.51. The molecule has 0 amide bonds. The highest BCUT2D eigenvalue weighted by Crippen LogP contribution is 2.45. The SMILES string of the molecule is Cn1cc(-c2cc([S+]([O-])C3CC3)ccc2N2CC3(COC3)C2)c2cc[nH]c2c1=O. The number of benzene rings is 1. The van der Waals surface area contributed by atoms with Crippen molar-refractivity contribution in [2.24, 2.45) is 12.5 Å². The van der Waals surface area contributed by atoms with Crippen molar-refractivity contribution < 1.29 is 9.29 Å². The van der Waals surface area contributed by atoms with E-state index >= 15 is 0 Å². The summed E-state index contributed by atoms with van der Waals surface area (Å²) in [6.07, 6.45) is 5.80. The van der Waals surface area contributed by atoms with Crippen LogP contribution in [0.15, 0.2) is 46.3 Å². The number of aromatic nitrogens is 2. The second-order valence-corrected chi connectivity index (χ2v) is 10.5. The summed E-state index contributed by atoms with van der Waals surface area (Å²) in [5, 5.41) is 1.20. The van der Waals surface area contributed by atoms with Gasteiger partial charge in [-0.15, -0.1) is 0 Å². The van der Waals surface area contributed by atoms with E-state index in [4.69, 9.17) is 4.74 Å². The third kappa shape index (κ3) is 2.68. The molecule has 1 N–H and O–H groups in total. The largest absolute Gasteiger partial charge is 0.611 e. The molecular formula is C22H23N3O3S. The lowest BCUT2D eigenvalue weighted by Gasteiger charge is -2.56. The minimum atomic E-state index is -0.968. The van der Waals surface area contributed by atoms with E-state index < -0.39 is 11.2 Å². The maximum atomic E-state index is 12.9. The van der Waals surface area contributed by atoms with Gasteiger partial charge in [-0.05, 0) is 29.4 Å². The summed E-state index contributed by atoms with van der Waals surface area (Å²) < 4.78 is 19.9. The summed E-state index contributed by atoms with van der Waals surface area (Å²) in [6, 6.07) is 8.17. The van der Waals surface area contributed by atoms with Crippen LogP contribution in [0.4, 0.5) is 5.69 Å². The van der Waals surface area contributed by atoms with E-state index in [0.29, 0.717) is 16.2 Å². The Morgan fingerprint density at radius 1 is 1.21 bits per heavy atom. The predicted molar refractivity (Wildman–Crippen MR) is 114 cm³/mol. The van der Waals surface area contributed by atoms with Crippen molar-refractivity contribution >= 4 is 27.8 Å². The van der Waals surface area contributed by atoms with Crippen LogP contribution in [0.5, 0.6) is 0 Å². The molecule has 0 radical (unpaired) electrons. The van der Waals surface area contributed by atoms with Crippen LogP contribution in [0.3, 0.4) is 0 Å². The fourth-order valence-electron chi connectivity index (χ4n) is 4.60. The van der Waals surface area contributed by atoms with Gasteiger partial charge >= 0.3 is 0 Å². The number of pyridine rings is 1. The lowest BCUT2D eigenvalue weighted by Crippen LogP contribution is -2.66. The number of nitrogens with zero attached hydrogens (tertiary/aromatic N) is 2. The van der Waals surface area contributed by atoms with Crippen LogP contribution in [-0.4, -0.2) is 45.7 Å². The second-order valence-electron chi connectivity index (χ2n) is 8.75. The highest BCUT2D eigenvalue weighted by molar-refractivity contribution is 7.92. The van der Waals surface area contributed by atoms with Crippen molar-refractivity contribution in [3.63, 3.8) is 0 Å². The number of aryl methyl sites for hydroxylation is 1. The Kier molecular flexibility index (Phi) is 3.73. The van der Waals surface area contributed by atoms with Crippen LogP contribution in [0, 0.1) is 5.41 Å². The molecular weight excluding hydrogens is 386 g/mol. The fraction of sp³-hybridized carbons (Fsp3) is 0.409. The summed E-state index contributed by atoms with van der Waals surface area (Å²) in [6.45, 7) is 3.63. The fourth-order valence-corrected chi connectivity index (χ4v) is 5.98. The molecule has 2 aliphatic heterocycles. The first kappa shape index (κ1) is 17.6. The van der Waals surface area contributed by atoms with Gasteiger partial charge in [-0.2, -0.15) is 0 Å². The zero-order chi connectivity index (χ0) is 19.8. The minimum Gasteiger partial charge on any atom is -0.611 e. The van der Waals surface area contributed by atoms with Crippen LogP contribution in [0.1, 0.15) is 12.8 Å². The van der Waals surface area contributed by atoms with Crippen LogP contribution >= 0.6 is 0 Å². The lowest BCUT2D eigenvalue weighted by atomic mass is 9.77. The molecule has 3 aromatic rings. The third-order valence-electron chi connectivity index (χ3n) is 6.42. The van der Waals surface area contributed by atoms with Crippen molar-refractivity contribution in [2.45, 2.75) is 23.0 Å². The first-order chi connectivity index (χ1) is 14.0. The summed E-state index contributed by atoms with van der Waals surface area (Å²) in [5.74, 6) is 0. The van der Waals surface area contributed by atoms with Crippen molar-refractivity contribution in [2.75, 3.05) is 31.2 Å². The molecule has 4 heterocycles. The van der Waals surface area contributed by atoms with Crippen molar-refractivity contribution in [1.82, 2.24) is 9.55 Å². The van der Waals surface area contributed by atoms with E-state index in [-0.39, 0.29) is 5.56 Å². The molecule has 150 valence electrons. The van der Waals surface area contributed by atoms with E-state index in [2.05, 4.69) is 22.0 Å². The van der Waals surface area contributed by atoms with E-state index in [1.807, 2.05) is 24.5 Å². The minimum absolute atomic E-state index is 0.0393. The molecule has 1 spiro atoms. The van der Waals surface area contributed by atoms with E-state index in [9.17, 15) is 9.35 Å². The first-order valence-corrected chi connectivity index (χ1v) is 11.3. The standard InChI is InChI=1S/C22H23N3O3S/c1-24-9-18(16-6-7-23-20(16)21(24)26)17-8-15(29(27)14-2-3-14)4-5-19(17)25-10-22(11-25)12-28-13-22/h4-9,14,23H,2-3,10-13H2,1H3. The molecule has 6 nitrogen and oxygen atoms in total. The van der Waals surface area contributed by atoms with Gasteiger partial charge in [0, 0.05) is 73.6 Å². The van der Waals surface area contributed by atoms with E-state index in [0.717, 1.165) is 66.2 Å². The molecule has 1 unspecified atom stereocenters. The number of ether oxygens (including phenoxy) is 1. The summed E-state index contributed by atoms with van der Waals surface area (Å²) in [4.78, 5) is 18.9. The first-order valence-electron chi connectivity index (χ1n) is 10.1. The van der Waals surface area contributed by atoms with Gasteiger partial charge in [-0.25, -0.2) is 0 Å². The highest BCUT2D eigenvalue weighted by Gasteiger charge is 2.49. The summed E-state index contributed by atoms with van der Waals surface area (Å²) >= 11 is -0.968. The number of hydrogen-bond donors (Lipinski definition) is 1. The molecule has 2 saturated heterocycles. The summed E-state index contributed by atoms with van der Waals surface area (Å²) in [5.41, 5.74) is 4.06. The van der Waals surface area contributed by atoms with Crippen molar-refractivity contribution in [3.8, 4) is 11.1 Å². The van der Waals surface area contributed by atoms with Gasteiger partial charge in [0.05, 0.1) is 18.6 Å². The summed E-state index contributed by atoms with van der Waals surface area (Å²) in [7, 11) is 1.78. The molecule has 3 aliphatic rings. The van der Waals surface area contributed by atoms with Gasteiger partial charge in [0.15, 0.2) is 4.90 Å². The molecule has 1 atom stereocenters. The average molecular weight is 410 g/mol. The maximum absolute atomic E-state index is 12.9. The molecule has 1 aromatic carbocycles. The number of H-pyrrole nitrogens is 1. The number of fused-ring (bicyclic) bond motifs is 1. The molecule has 3 fully saturated rings. The maximum Gasteiger partial charge on any atom is 0.274 e. The van der Waals surface area contributed by atoms with Gasteiger partial charge in [0.1, 0.15) is 10.8 Å². The molecule has 29 heavy (non-hydrogen) atoms. The molecule has 1 saturated carbocycles. The Hall–Kier alpha value is -2.22. The average Bonchev–Trinajstić information content (AvgIpc) is 3.38. The smallest absolute Gasteiger partial charge is 0.274 e. The van der Waals surface area contributed by atoms with Gasteiger partial charge in [-0.1, -0.05) is 0 Å². The van der Waals surface area contributed by atoms with Gasteiger partial charge in [-0.3, -0.25) is 4.79 Å². The zero-order valence-electron chi connectivity index (χ0n) is 16.3. The predicted octanol–water partition coefficient (Wildman–Crippen LogP) is 2.64. The van der Waals surface area contributed by atoms with Crippen LogP contribution in [0.25, 0.3) is 22.0 Å². The molecule has 7 heteroatoms.